The highest BCUT2D eigenvalue weighted by Crippen LogP contribution is 2.33. The summed E-state index contributed by atoms with van der Waals surface area (Å²) in [5, 5.41) is 11.4. The summed E-state index contributed by atoms with van der Waals surface area (Å²) >= 11 is 11.7. The number of fused-ring (bicyclic) bond motifs is 1. The molecular formula is C15H8Cl2FN3O4S. The molecule has 0 atom stereocenters. The van der Waals surface area contributed by atoms with Gasteiger partial charge < -0.3 is 0 Å². The van der Waals surface area contributed by atoms with Gasteiger partial charge >= 0.3 is 0 Å². The van der Waals surface area contributed by atoms with Crippen LogP contribution in [0.1, 0.15) is 0 Å². The molecule has 3 aromatic rings. The molecule has 0 bridgehead atoms. The number of anilines is 1. The average molecular weight is 416 g/mol. The first kappa shape index (κ1) is 18.3. The van der Waals surface area contributed by atoms with E-state index in [-0.39, 0.29) is 11.2 Å². The van der Waals surface area contributed by atoms with E-state index in [9.17, 15) is 22.9 Å². The van der Waals surface area contributed by atoms with Crippen LogP contribution in [0.4, 0.5) is 15.8 Å². The molecule has 0 aliphatic heterocycles. The summed E-state index contributed by atoms with van der Waals surface area (Å²) in [6, 6.07) is 7.22. The smallest absolute Gasteiger partial charge is 0.277 e. The second-order valence-corrected chi connectivity index (χ2v) is 7.56. The maximum absolute atomic E-state index is 13.5. The zero-order valence-electron chi connectivity index (χ0n) is 12.6. The molecule has 0 saturated carbocycles. The summed E-state index contributed by atoms with van der Waals surface area (Å²) in [6.45, 7) is 0. The third-order valence-electron chi connectivity index (χ3n) is 3.45. The Balaban J connectivity index is 2.16. The topological polar surface area (TPSA) is 102 Å². The van der Waals surface area contributed by atoms with E-state index in [0.717, 1.165) is 0 Å². The van der Waals surface area contributed by atoms with Crippen molar-refractivity contribution < 1.29 is 17.7 Å². The maximum Gasteiger partial charge on any atom is 0.292 e. The zero-order valence-corrected chi connectivity index (χ0v) is 14.9. The summed E-state index contributed by atoms with van der Waals surface area (Å²) in [7, 11) is -4.46. The van der Waals surface area contributed by atoms with E-state index in [1.165, 1.54) is 18.3 Å². The number of nitro benzene ring substituents is 1. The number of hydrogen-bond donors (Lipinski definition) is 1. The van der Waals surface area contributed by atoms with Crippen LogP contribution in [-0.4, -0.2) is 18.3 Å². The van der Waals surface area contributed by atoms with Gasteiger partial charge in [0, 0.05) is 11.6 Å². The van der Waals surface area contributed by atoms with Crippen molar-refractivity contribution in [3.05, 3.63) is 68.6 Å². The molecule has 2 aromatic carbocycles. The van der Waals surface area contributed by atoms with Crippen molar-refractivity contribution in [3.63, 3.8) is 0 Å². The van der Waals surface area contributed by atoms with E-state index in [1.807, 2.05) is 0 Å². The van der Waals surface area contributed by atoms with Crippen molar-refractivity contribution in [1.29, 1.82) is 0 Å². The molecule has 26 heavy (non-hydrogen) atoms. The highest BCUT2D eigenvalue weighted by Gasteiger charge is 2.29. The normalized spacial score (nSPS) is 11.5. The second-order valence-electron chi connectivity index (χ2n) is 5.09. The fraction of sp³-hybridized carbons (Fsp3) is 0. The fourth-order valence-corrected chi connectivity index (χ4v) is 3.99. The molecule has 7 nitrogen and oxygen atoms in total. The number of hydrogen-bond acceptors (Lipinski definition) is 5. The van der Waals surface area contributed by atoms with Crippen LogP contribution in [0.15, 0.2) is 47.5 Å². The van der Waals surface area contributed by atoms with Crippen LogP contribution in [-0.2, 0) is 10.0 Å². The standard InChI is InChI=1S/C15H8Cl2FN3O4S/c16-9-3-4-12(15-8(9)2-1-5-19-15)20-26(24,25)14-6-10(17)11(18)7-13(14)21(22)23/h1-7,20H. The highest BCUT2D eigenvalue weighted by molar-refractivity contribution is 7.92. The monoisotopic (exact) mass is 415 g/mol. The first-order valence-electron chi connectivity index (χ1n) is 6.90. The lowest BCUT2D eigenvalue weighted by atomic mass is 10.2. The summed E-state index contributed by atoms with van der Waals surface area (Å²) in [4.78, 5) is 13.4. The van der Waals surface area contributed by atoms with Gasteiger partial charge in [0.05, 0.1) is 32.2 Å². The van der Waals surface area contributed by atoms with E-state index in [2.05, 4.69) is 9.71 Å². The van der Waals surface area contributed by atoms with Gasteiger partial charge in [0.15, 0.2) is 4.90 Å². The predicted molar refractivity (Wildman–Crippen MR) is 95.6 cm³/mol. The fourth-order valence-electron chi connectivity index (χ4n) is 2.30. The summed E-state index contributed by atoms with van der Waals surface area (Å²) in [6.07, 6.45) is 1.44. The number of sulfonamides is 1. The van der Waals surface area contributed by atoms with Crippen molar-refractivity contribution in [2.24, 2.45) is 0 Å². The summed E-state index contributed by atoms with van der Waals surface area (Å²) in [5.74, 6) is -1.10. The molecule has 0 spiro atoms. The lowest BCUT2D eigenvalue weighted by molar-refractivity contribution is -0.388. The van der Waals surface area contributed by atoms with Crippen molar-refractivity contribution >= 4 is 55.5 Å². The molecule has 1 heterocycles. The predicted octanol–water partition coefficient (Wildman–Crippen LogP) is 4.39. The Bertz CT molecular complexity index is 1160. The van der Waals surface area contributed by atoms with Gasteiger partial charge in [-0.05, 0) is 30.3 Å². The van der Waals surface area contributed by atoms with Crippen molar-refractivity contribution in [3.8, 4) is 0 Å². The van der Waals surface area contributed by atoms with Gasteiger partial charge in [-0.25, -0.2) is 12.8 Å². The molecule has 1 N–H and O–H groups in total. The molecule has 0 fully saturated rings. The van der Waals surface area contributed by atoms with Gasteiger partial charge in [0.1, 0.15) is 5.82 Å². The summed E-state index contributed by atoms with van der Waals surface area (Å²) < 4.78 is 41.0. The molecule has 0 amide bonds. The lowest BCUT2D eigenvalue weighted by Crippen LogP contribution is -2.15. The summed E-state index contributed by atoms with van der Waals surface area (Å²) in [5.41, 5.74) is -0.634. The van der Waals surface area contributed by atoms with E-state index in [0.29, 0.717) is 22.5 Å². The number of rotatable bonds is 4. The third-order valence-corrected chi connectivity index (χ3v) is 5.46. The molecule has 11 heteroatoms. The number of nitrogens with zero attached hydrogens (tertiary/aromatic N) is 2. The molecule has 0 aliphatic carbocycles. The lowest BCUT2D eigenvalue weighted by Gasteiger charge is -2.11. The van der Waals surface area contributed by atoms with Gasteiger partial charge in [0.2, 0.25) is 0 Å². The van der Waals surface area contributed by atoms with Crippen molar-refractivity contribution in [2.75, 3.05) is 4.72 Å². The molecule has 0 unspecified atom stereocenters. The Hall–Kier alpha value is -2.49. The van der Waals surface area contributed by atoms with Crippen LogP contribution < -0.4 is 4.72 Å². The number of halogens is 3. The number of nitrogens with one attached hydrogen (secondary N) is 1. The Morgan fingerprint density at radius 1 is 1.15 bits per heavy atom. The van der Waals surface area contributed by atoms with E-state index >= 15 is 0 Å². The van der Waals surface area contributed by atoms with E-state index < -0.39 is 36.4 Å². The van der Waals surface area contributed by atoms with Crippen molar-refractivity contribution in [1.82, 2.24) is 4.98 Å². The number of pyridine rings is 1. The quantitative estimate of drug-likeness (QED) is 0.502. The van der Waals surface area contributed by atoms with Gasteiger partial charge in [-0.2, -0.15) is 0 Å². The third kappa shape index (κ3) is 3.28. The molecule has 1 aromatic heterocycles. The SMILES string of the molecule is O=[N+]([O-])c1cc(F)c(Cl)cc1S(=O)(=O)Nc1ccc(Cl)c2cccnc12. The van der Waals surface area contributed by atoms with Crippen LogP contribution in [0, 0.1) is 15.9 Å². The number of benzene rings is 2. The number of nitro groups is 1. The Morgan fingerprint density at radius 2 is 1.88 bits per heavy atom. The van der Waals surface area contributed by atoms with Crippen LogP contribution >= 0.6 is 23.2 Å². The molecule has 0 radical (unpaired) electrons. The molecular weight excluding hydrogens is 408 g/mol. The minimum absolute atomic E-state index is 0.0553. The first-order valence-corrected chi connectivity index (χ1v) is 9.14. The van der Waals surface area contributed by atoms with Crippen molar-refractivity contribution in [2.45, 2.75) is 4.90 Å². The highest BCUT2D eigenvalue weighted by atomic mass is 35.5. The average Bonchev–Trinajstić information content (AvgIpc) is 2.59. The van der Waals surface area contributed by atoms with Crippen LogP contribution in [0.5, 0.6) is 0 Å². The maximum atomic E-state index is 13.5. The van der Waals surface area contributed by atoms with Crippen LogP contribution in [0.2, 0.25) is 10.0 Å². The number of aromatic nitrogens is 1. The molecule has 0 aliphatic rings. The Labute approximate surface area is 156 Å². The molecule has 0 saturated heterocycles. The van der Waals surface area contributed by atoms with Gasteiger partial charge in [-0.15, -0.1) is 0 Å². The Kier molecular flexibility index (Phi) is 4.70. The van der Waals surface area contributed by atoms with Crippen LogP contribution in [0.25, 0.3) is 10.9 Å². The van der Waals surface area contributed by atoms with E-state index in [4.69, 9.17) is 23.2 Å². The first-order chi connectivity index (χ1) is 12.2. The van der Waals surface area contributed by atoms with Gasteiger partial charge in [-0.3, -0.25) is 19.8 Å². The minimum atomic E-state index is -4.46. The second kappa shape index (κ2) is 6.67. The minimum Gasteiger partial charge on any atom is -0.277 e. The zero-order chi connectivity index (χ0) is 19.1. The van der Waals surface area contributed by atoms with E-state index in [1.54, 1.807) is 12.1 Å². The van der Waals surface area contributed by atoms with Gasteiger partial charge in [-0.1, -0.05) is 23.2 Å². The van der Waals surface area contributed by atoms with Gasteiger partial charge in [0.25, 0.3) is 15.7 Å². The van der Waals surface area contributed by atoms with Crippen LogP contribution in [0.3, 0.4) is 0 Å². The molecule has 134 valence electrons. The largest absolute Gasteiger partial charge is 0.292 e. The Morgan fingerprint density at radius 3 is 2.58 bits per heavy atom. The molecule has 3 rings (SSSR count).